The molecule has 6 nitrogen and oxygen atoms in total. The topological polar surface area (TPSA) is 95.9 Å². The number of esters is 1. The number of ether oxygens (including phenoxy) is 1. The third kappa shape index (κ3) is 43.0. The van der Waals surface area contributed by atoms with Crippen LogP contribution in [0.15, 0.2) is 24.3 Å². The minimum absolute atomic E-state index is 0.0785. The monoisotopic (exact) mass is 846 g/mol. The van der Waals surface area contributed by atoms with Crippen molar-refractivity contribution in [1.82, 2.24) is 5.32 Å². The molecule has 60 heavy (non-hydrogen) atoms. The van der Waals surface area contributed by atoms with Crippen LogP contribution in [0.3, 0.4) is 0 Å². The molecule has 0 aromatic heterocycles. The van der Waals surface area contributed by atoms with Gasteiger partial charge in [0.05, 0.1) is 25.2 Å². The maximum Gasteiger partial charge on any atom is 0.306 e. The molecule has 0 aliphatic heterocycles. The molecule has 0 saturated heterocycles. The van der Waals surface area contributed by atoms with E-state index in [4.69, 9.17) is 4.74 Å². The van der Waals surface area contributed by atoms with E-state index in [2.05, 4.69) is 50.4 Å². The lowest BCUT2D eigenvalue weighted by molar-refractivity contribution is -0.151. The Morgan fingerprint density at radius 3 is 1.27 bits per heavy atom. The molecule has 0 aromatic carbocycles. The van der Waals surface area contributed by atoms with Crippen LogP contribution in [0.5, 0.6) is 0 Å². The second-order valence-electron chi connectivity index (χ2n) is 18.3. The van der Waals surface area contributed by atoms with E-state index in [-0.39, 0.29) is 24.9 Å². The molecule has 0 radical (unpaired) electrons. The van der Waals surface area contributed by atoms with Crippen molar-refractivity contribution in [3.8, 4) is 0 Å². The molecular formula is C54H103NO5. The Balaban J connectivity index is 4.56. The number of carbonyl (C=O) groups excluding carboxylic acids is 2. The van der Waals surface area contributed by atoms with Crippen molar-refractivity contribution in [1.29, 1.82) is 0 Å². The number of unbranched alkanes of at least 4 members (excludes halogenated alkanes) is 33. The summed E-state index contributed by atoms with van der Waals surface area (Å²) in [5, 5.41) is 23.8. The first-order valence-corrected chi connectivity index (χ1v) is 26.6. The number of rotatable bonds is 48. The summed E-state index contributed by atoms with van der Waals surface area (Å²) < 4.78 is 5.94. The molecule has 0 saturated carbocycles. The number of hydrogen-bond donors (Lipinski definition) is 3. The number of hydrogen-bond acceptors (Lipinski definition) is 5. The van der Waals surface area contributed by atoms with E-state index in [1.54, 1.807) is 0 Å². The molecule has 0 rings (SSSR count). The maximum absolute atomic E-state index is 13.2. The first kappa shape index (κ1) is 58.3. The van der Waals surface area contributed by atoms with E-state index in [1.165, 1.54) is 186 Å². The standard InChI is InChI=1S/C54H103NO5/c1-4-7-10-13-16-19-22-25-27-29-32-35-38-41-44-47-54(59)60-50(45-42-39-36-33-30-28-26-23-20-17-14-11-8-5-2)48-53(58)55-51(49-56)52(57)46-43-40-37-34-31-24-21-18-15-12-9-6-3/h16,19,22,25,50-52,56-57H,4-15,17-18,20-21,23-24,26-49H2,1-3H3,(H,55,58)/b19-16+,25-22+. The predicted molar refractivity (Wildman–Crippen MR) is 260 cm³/mol. The van der Waals surface area contributed by atoms with Crippen LogP contribution in [0.1, 0.15) is 284 Å². The molecule has 0 fully saturated rings. The van der Waals surface area contributed by atoms with Crippen molar-refractivity contribution in [3.05, 3.63) is 24.3 Å². The van der Waals surface area contributed by atoms with Crippen LogP contribution in [0.4, 0.5) is 0 Å². The number of nitrogens with one attached hydrogen (secondary N) is 1. The van der Waals surface area contributed by atoms with Crippen molar-refractivity contribution in [2.75, 3.05) is 6.61 Å². The van der Waals surface area contributed by atoms with Crippen LogP contribution in [-0.2, 0) is 14.3 Å². The average molecular weight is 846 g/mol. The Morgan fingerprint density at radius 1 is 0.483 bits per heavy atom. The number of aliphatic hydroxyl groups excluding tert-OH is 2. The fraction of sp³-hybridized carbons (Fsp3) is 0.889. The van der Waals surface area contributed by atoms with Gasteiger partial charge in [-0.1, -0.05) is 244 Å². The minimum Gasteiger partial charge on any atom is -0.462 e. The van der Waals surface area contributed by atoms with Crippen LogP contribution >= 0.6 is 0 Å². The minimum atomic E-state index is -0.785. The normalized spacial score (nSPS) is 13.3. The molecule has 3 atom stereocenters. The highest BCUT2D eigenvalue weighted by atomic mass is 16.5. The molecule has 0 bridgehead atoms. The Hall–Kier alpha value is -1.66. The zero-order chi connectivity index (χ0) is 43.8. The highest BCUT2D eigenvalue weighted by Crippen LogP contribution is 2.18. The molecule has 1 amide bonds. The van der Waals surface area contributed by atoms with E-state index in [9.17, 15) is 19.8 Å². The van der Waals surface area contributed by atoms with Gasteiger partial charge in [0.15, 0.2) is 0 Å². The SMILES string of the molecule is CCCCC/C=C/C=C/CCCCCCCCC(=O)OC(CCCCCCCCCCCCCCCC)CC(=O)NC(CO)C(O)CCCCCCCCCCCCCC. The predicted octanol–water partition coefficient (Wildman–Crippen LogP) is 15.9. The maximum atomic E-state index is 13.2. The van der Waals surface area contributed by atoms with E-state index in [1.807, 2.05) is 0 Å². The average Bonchev–Trinajstić information content (AvgIpc) is 3.24. The van der Waals surface area contributed by atoms with Crippen molar-refractivity contribution in [2.45, 2.75) is 302 Å². The number of allylic oxidation sites excluding steroid dienone is 4. The summed E-state index contributed by atoms with van der Waals surface area (Å²) in [4.78, 5) is 26.2. The molecule has 0 spiro atoms. The highest BCUT2D eigenvalue weighted by molar-refractivity contribution is 5.77. The van der Waals surface area contributed by atoms with Gasteiger partial charge in [-0.05, 0) is 51.4 Å². The summed E-state index contributed by atoms with van der Waals surface area (Å²) in [6, 6.07) is -0.698. The third-order valence-electron chi connectivity index (χ3n) is 12.3. The van der Waals surface area contributed by atoms with Crippen molar-refractivity contribution < 1.29 is 24.5 Å². The molecule has 6 heteroatoms. The molecule has 0 aromatic rings. The smallest absolute Gasteiger partial charge is 0.306 e. The van der Waals surface area contributed by atoms with Crippen molar-refractivity contribution in [3.63, 3.8) is 0 Å². The zero-order valence-electron chi connectivity index (χ0n) is 40.4. The van der Waals surface area contributed by atoms with Gasteiger partial charge in [0.2, 0.25) is 5.91 Å². The number of carbonyl (C=O) groups is 2. The van der Waals surface area contributed by atoms with Crippen molar-refractivity contribution in [2.24, 2.45) is 0 Å². The van der Waals surface area contributed by atoms with Gasteiger partial charge in [-0.15, -0.1) is 0 Å². The van der Waals surface area contributed by atoms with Gasteiger partial charge < -0.3 is 20.3 Å². The summed E-state index contributed by atoms with van der Waals surface area (Å²) in [6.07, 6.45) is 55.2. The molecule has 3 unspecified atom stereocenters. The summed E-state index contributed by atoms with van der Waals surface area (Å²) in [5.74, 6) is -0.472. The molecule has 0 aliphatic rings. The Labute approximate surface area is 373 Å². The van der Waals surface area contributed by atoms with Crippen molar-refractivity contribution >= 4 is 11.9 Å². The summed E-state index contributed by atoms with van der Waals surface area (Å²) in [7, 11) is 0. The van der Waals surface area contributed by atoms with E-state index in [0.717, 1.165) is 51.4 Å². The van der Waals surface area contributed by atoms with Crippen LogP contribution in [0.2, 0.25) is 0 Å². The van der Waals surface area contributed by atoms with Gasteiger partial charge in [0, 0.05) is 6.42 Å². The number of aliphatic hydroxyl groups is 2. The summed E-state index contributed by atoms with van der Waals surface area (Å²) >= 11 is 0. The fourth-order valence-corrected chi connectivity index (χ4v) is 8.25. The molecule has 3 N–H and O–H groups in total. The van der Waals surface area contributed by atoms with Gasteiger partial charge in [-0.3, -0.25) is 9.59 Å². The summed E-state index contributed by atoms with van der Waals surface area (Å²) in [5.41, 5.74) is 0. The lowest BCUT2D eigenvalue weighted by Gasteiger charge is -2.24. The van der Waals surface area contributed by atoms with Gasteiger partial charge in [0.1, 0.15) is 6.10 Å². The summed E-state index contributed by atoms with van der Waals surface area (Å²) in [6.45, 7) is 6.47. The third-order valence-corrected chi connectivity index (χ3v) is 12.3. The van der Waals surface area contributed by atoms with E-state index in [0.29, 0.717) is 19.3 Å². The lowest BCUT2D eigenvalue weighted by Crippen LogP contribution is -2.46. The number of amides is 1. The molecule has 354 valence electrons. The van der Waals surface area contributed by atoms with Gasteiger partial charge in [-0.2, -0.15) is 0 Å². The lowest BCUT2D eigenvalue weighted by atomic mass is 10.0. The fourth-order valence-electron chi connectivity index (χ4n) is 8.25. The van der Waals surface area contributed by atoms with Crippen LogP contribution < -0.4 is 5.32 Å². The Morgan fingerprint density at radius 2 is 0.833 bits per heavy atom. The first-order valence-electron chi connectivity index (χ1n) is 26.6. The quantitative estimate of drug-likeness (QED) is 0.0322. The molecular weight excluding hydrogens is 743 g/mol. The Bertz CT molecular complexity index is 950. The molecule has 0 aliphatic carbocycles. The van der Waals surface area contributed by atoms with Crippen LogP contribution in [-0.4, -0.2) is 46.9 Å². The Kier molecular flexibility index (Phi) is 47.0. The van der Waals surface area contributed by atoms with Crippen LogP contribution in [0.25, 0.3) is 0 Å². The van der Waals surface area contributed by atoms with Gasteiger partial charge in [0.25, 0.3) is 0 Å². The van der Waals surface area contributed by atoms with E-state index < -0.39 is 18.2 Å². The van der Waals surface area contributed by atoms with Crippen LogP contribution in [0, 0.1) is 0 Å². The highest BCUT2D eigenvalue weighted by Gasteiger charge is 2.24. The molecule has 0 heterocycles. The largest absolute Gasteiger partial charge is 0.462 e. The van der Waals surface area contributed by atoms with Gasteiger partial charge in [-0.25, -0.2) is 0 Å². The second kappa shape index (κ2) is 48.4. The van der Waals surface area contributed by atoms with Gasteiger partial charge >= 0.3 is 5.97 Å². The van der Waals surface area contributed by atoms with E-state index >= 15 is 0 Å². The first-order chi connectivity index (χ1) is 29.5. The zero-order valence-corrected chi connectivity index (χ0v) is 40.4. The second-order valence-corrected chi connectivity index (χ2v) is 18.3.